The van der Waals surface area contributed by atoms with Crippen LogP contribution in [0.2, 0.25) is 0 Å². The molecule has 0 heterocycles. The van der Waals surface area contributed by atoms with Crippen LogP contribution in [0.25, 0.3) is 0 Å². The Balaban J connectivity index is 2.05. The van der Waals surface area contributed by atoms with Gasteiger partial charge in [-0.25, -0.2) is 0 Å². The molecule has 0 amide bonds. The summed E-state index contributed by atoms with van der Waals surface area (Å²) in [7, 11) is 0. The lowest BCUT2D eigenvalue weighted by molar-refractivity contribution is 0.0931. The van der Waals surface area contributed by atoms with E-state index in [0.29, 0.717) is 12.0 Å². The lowest BCUT2D eigenvalue weighted by Gasteiger charge is -2.16. The molecule has 1 unspecified atom stereocenters. The van der Waals surface area contributed by atoms with Crippen LogP contribution in [0.5, 0.6) is 0 Å². The number of nitrogens with one attached hydrogen (secondary N) is 1. The number of aliphatic hydroxyl groups excluding tert-OH is 2. The predicted octanol–water partition coefficient (Wildman–Crippen LogP) is 0.509. The van der Waals surface area contributed by atoms with Crippen molar-refractivity contribution in [3.05, 3.63) is 0 Å². The highest BCUT2D eigenvalue weighted by atomic mass is 16.3. The maximum absolute atomic E-state index is 9.09. The van der Waals surface area contributed by atoms with Gasteiger partial charge in [-0.3, -0.25) is 0 Å². The van der Waals surface area contributed by atoms with Gasteiger partial charge in [0.1, 0.15) is 0 Å². The van der Waals surface area contributed by atoms with E-state index in [2.05, 4.69) is 12.2 Å². The predicted molar refractivity (Wildman–Crippen MR) is 52.5 cm³/mol. The molecule has 0 saturated heterocycles. The van der Waals surface area contributed by atoms with E-state index in [-0.39, 0.29) is 6.61 Å². The van der Waals surface area contributed by atoms with Gasteiger partial charge in [-0.05, 0) is 24.7 Å². The van der Waals surface area contributed by atoms with E-state index in [1.807, 2.05) is 0 Å². The van der Waals surface area contributed by atoms with Gasteiger partial charge in [0.2, 0.25) is 0 Å². The molecule has 78 valence electrons. The van der Waals surface area contributed by atoms with Gasteiger partial charge < -0.3 is 15.5 Å². The van der Waals surface area contributed by atoms with Gasteiger partial charge in [0.05, 0.1) is 12.7 Å². The van der Waals surface area contributed by atoms with Crippen LogP contribution in [0.3, 0.4) is 0 Å². The largest absolute Gasteiger partial charge is 0.394 e. The van der Waals surface area contributed by atoms with Gasteiger partial charge in [-0.1, -0.05) is 13.3 Å². The summed E-state index contributed by atoms with van der Waals surface area (Å²) in [5.74, 6) is 0. The molecule has 0 radical (unpaired) electrons. The van der Waals surface area contributed by atoms with Gasteiger partial charge in [0.15, 0.2) is 0 Å². The van der Waals surface area contributed by atoms with Crippen LogP contribution in [-0.4, -0.2) is 36.0 Å². The van der Waals surface area contributed by atoms with Crippen molar-refractivity contribution in [3.8, 4) is 0 Å². The Morgan fingerprint density at radius 1 is 1.46 bits per heavy atom. The van der Waals surface area contributed by atoms with E-state index in [4.69, 9.17) is 10.2 Å². The topological polar surface area (TPSA) is 52.5 Å². The molecule has 0 bridgehead atoms. The highest BCUT2D eigenvalue weighted by Crippen LogP contribution is 2.48. The second-order valence-electron chi connectivity index (χ2n) is 4.22. The minimum Gasteiger partial charge on any atom is -0.394 e. The van der Waals surface area contributed by atoms with Crippen LogP contribution < -0.4 is 5.32 Å². The van der Waals surface area contributed by atoms with E-state index in [1.165, 1.54) is 25.7 Å². The molecule has 0 aromatic rings. The molecule has 0 spiro atoms. The minimum absolute atomic E-state index is 0.145. The average Bonchev–Trinajstić information content (AvgIpc) is 2.86. The Bertz CT molecular complexity index is 146. The first-order chi connectivity index (χ1) is 6.22. The molecular weight excluding hydrogens is 166 g/mol. The van der Waals surface area contributed by atoms with Gasteiger partial charge >= 0.3 is 0 Å². The molecule has 1 atom stereocenters. The van der Waals surface area contributed by atoms with Crippen molar-refractivity contribution >= 4 is 0 Å². The van der Waals surface area contributed by atoms with Gasteiger partial charge in [0, 0.05) is 13.1 Å². The Morgan fingerprint density at radius 2 is 2.15 bits per heavy atom. The molecule has 3 heteroatoms. The van der Waals surface area contributed by atoms with Crippen LogP contribution in [0, 0.1) is 5.41 Å². The fourth-order valence-electron chi connectivity index (χ4n) is 1.79. The van der Waals surface area contributed by atoms with E-state index < -0.39 is 6.10 Å². The quantitative estimate of drug-likeness (QED) is 0.544. The Morgan fingerprint density at radius 3 is 2.62 bits per heavy atom. The standard InChI is InChI=1S/C10H21NO2/c1-2-3-10(4-5-10)8-11-6-9(13)7-12/h9,11-13H,2-8H2,1H3. The second kappa shape index (κ2) is 4.94. The monoisotopic (exact) mass is 187 g/mol. The lowest BCUT2D eigenvalue weighted by atomic mass is 10.0. The summed E-state index contributed by atoms with van der Waals surface area (Å²) >= 11 is 0. The smallest absolute Gasteiger partial charge is 0.0894 e. The van der Waals surface area contributed by atoms with E-state index in [9.17, 15) is 0 Å². The number of aliphatic hydroxyl groups is 2. The first kappa shape index (κ1) is 11.0. The molecule has 13 heavy (non-hydrogen) atoms. The molecule has 1 aliphatic rings. The van der Waals surface area contributed by atoms with Crippen molar-refractivity contribution in [3.63, 3.8) is 0 Å². The van der Waals surface area contributed by atoms with Crippen molar-refractivity contribution in [1.29, 1.82) is 0 Å². The highest BCUT2D eigenvalue weighted by Gasteiger charge is 2.40. The highest BCUT2D eigenvalue weighted by molar-refractivity contribution is 4.94. The van der Waals surface area contributed by atoms with Crippen LogP contribution in [0.15, 0.2) is 0 Å². The lowest BCUT2D eigenvalue weighted by Crippen LogP contribution is -2.33. The summed E-state index contributed by atoms with van der Waals surface area (Å²) in [4.78, 5) is 0. The number of hydrogen-bond donors (Lipinski definition) is 3. The van der Waals surface area contributed by atoms with Crippen LogP contribution in [0.4, 0.5) is 0 Å². The second-order valence-corrected chi connectivity index (χ2v) is 4.22. The summed E-state index contributed by atoms with van der Waals surface area (Å²) < 4.78 is 0. The molecule has 0 aromatic heterocycles. The van der Waals surface area contributed by atoms with E-state index >= 15 is 0 Å². The van der Waals surface area contributed by atoms with Crippen LogP contribution in [-0.2, 0) is 0 Å². The molecule has 0 aromatic carbocycles. The molecular formula is C10H21NO2. The van der Waals surface area contributed by atoms with Crippen molar-refractivity contribution in [2.75, 3.05) is 19.7 Å². The third-order valence-corrected chi connectivity index (χ3v) is 2.83. The maximum atomic E-state index is 9.09. The van der Waals surface area contributed by atoms with Crippen LogP contribution >= 0.6 is 0 Å². The zero-order valence-corrected chi connectivity index (χ0v) is 8.42. The molecule has 1 aliphatic carbocycles. The Kier molecular flexibility index (Phi) is 4.16. The summed E-state index contributed by atoms with van der Waals surface area (Å²) in [6, 6.07) is 0. The van der Waals surface area contributed by atoms with Gasteiger partial charge in [-0.15, -0.1) is 0 Å². The van der Waals surface area contributed by atoms with Crippen LogP contribution in [0.1, 0.15) is 32.6 Å². The summed E-state index contributed by atoms with van der Waals surface area (Å²) in [6.07, 6.45) is 4.57. The third kappa shape index (κ3) is 3.63. The zero-order chi connectivity index (χ0) is 9.73. The van der Waals surface area contributed by atoms with Crippen molar-refractivity contribution in [1.82, 2.24) is 5.32 Å². The number of rotatable bonds is 7. The van der Waals surface area contributed by atoms with Crippen molar-refractivity contribution < 1.29 is 10.2 Å². The fraction of sp³-hybridized carbons (Fsp3) is 1.00. The SMILES string of the molecule is CCCC1(CNCC(O)CO)CC1. The molecule has 3 nitrogen and oxygen atoms in total. The Labute approximate surface area is 80.2 Å². The van der Waals surface area contributed by atoms with Crippen molar-refractivity contribution in [2.24, 2.45) is 5.41 Å². The van der Waals surface area contributed by atoms with E-state index in [1.54, 1.807) is 0 Å². The first-order valence-corrected chi connectivity index (χ1v) is 5.22. The third-order valence-electron chi connectivity index (χ3n) is 2.83. The maximum Gasteiger partial charge on any atom is 0.0894 e. The van der Waals surface area contributed by atoms with Gasteiger partial charge in [-0.2, -0.15) is 0 Å². The van der Waals surface area contributed by atoms with Crippen molar-refractivity contribution in [2.45, 2.75) is 38.7 Å². The fourth-order valence-corrected chi connectivity index (χ4v) is 1.79. The normalized spacial score (nSPS) is 21.5. The molecule has 0 aliphatic heterocycles. The van der Waals surface area contributed by atoms with E-state index in [0.717, 1.165) is 6.54 Å². The summed E-state index contributed by atoms with van der Waals surface area (Å²) in [5.41, 5.74) is 0.532. The minimum atomic E-state index is -0.600. The zero-order valence-electron chi connectivity index (χ0n) is 8.42. The molecule has 1 rings (SSSR count). The summed E-state index contributed by atoms with van der Waals surface area (Å²) in [5, 5.41) is 20.9. The van der Waals surface area contributed by atoms with Gasteiger partial charge in [0.25, 0.3) is 0 Å². The molecule has 3 N–H and O–H groups in total. The Hall–Kier alpha value is -0.120. The molecule has 1 saturated carbocycles. The number of hydrogen-bond acceptors (Lipinski definition) is 3. The molecule has 1 fully saturated rings. The first-order valence-electron chi connectivity index (χ1n) is 5.22. The average molecular weight is 187 g/mol. The summed E-state index contributed by atoms with van der Waals surface area (Å²) in [6.45, 7) is 3.58.